The van der Waals surface area contributed by atoms with Crippen LogP contribution in [0.2, 0.25) is 0 Å². The first-order valence-corrected chi connectivity index (χ1v) is 5.10. The summed E-state index contributed by atoms with van der Waals surface area (Å²) in [5, 5.41) is 16.5. The van der Waals surface area contributed by atoms with Crippen LogP contribution in [0.1, 0.15) is 39.5 Å². The van der Waals surface area contributed by atoms with E-state index in [1.165, 1.54) is 0 Å². The molecule has 0 saturated carbocycles. The maximum atomic E-state index is 11.9. The van der Waals surface area contributed by atoms with Gasteiger partial charge in [-0.25, -0.2) is 5.41 Å². The molecule has 0 amide bonds. The lowest BCUT2D eigenvalue weighted by Gasteiger charge is -2.41. The maximum Gasteiger partial charge on any atom is 0.319 e. The topological polar surface area (TPSA) is 57.9 Å². The van der Waals surface area contributed by atoms with Crippen molar-refractivity contribution in [1.82, 2.24) is 0 Å². The maximum absolute atomic E-state index is 11.9. The first kappa shape index (κ1) is 12.7. The average molecular weight is 208 g/mol. The Morgan fingerprint density at radius 2 is 2.15 bits per heavy atom. The van der Waals surface area contributed by atoms with E-state index in [9.17, 15) is 5.11 Å². The van der Waals surface area contributed by atoms with Crippen molar-refractivity contribution in [2.75, 3.05) is 0 Å². The van der Waals surface area contributed by atoms with Crippen molar-refractivity contribution in [2.24, 2.45) is 0 Å². The number of alkyl halides is 1. The standard InChI is InChI=1S/C9H17ClNO2/c1-3-5-8(10)9(12,6-4-2)13-7-11/h7-8,11H,3-6H2,1-2H3/q-1/p+1. The van der Waals surface area contributed by atoms with Crippen LogP contribution in [-0.2, 0) is 4.74 Å². The van der Waals surface area contributed by atoms with E-state index in [1.807, 2.05) is 13.8 Å². The van der Waals surface area contributed by atoms with E-state index in [2.05, 4.69) is 0 Å². The fourth-order valence-electron chi connectivity index (χ4n) is 1.23. The normalized spacial score (nSPS) is 17.5. The van der Waals surface area contributed by atoms with E-state index in [-0.39, 0.29) is 0 Å². The van der Waals surface area contributed by atoms with Crippen LogP contribution in [0.25, 0.3) is 0 Å². The van der Waals surface area contributed by atoms with E-state index < -0.39 is 11.2 Å². The molecule has 0 saturated heterocycles. The highest BCUT2D eigenvalue weighted by molar-refractivity contribution is 6.21. The number of hydrogen-bond donors (Lipinski definition) is 1. The van der Waals surface area contributed by atoms with Gasteiger partial charge in [0.2, 0.25) is 0 Å². The summed E-state index contributed by atoms with van der Waals surface area (Å²) in [5.41, 5.74) is 0. The highest BCUT2D eigenvalue weighted by Gasteiger charge is 2.26. The van der Waals surface area contributed by atoms with Crippen molar-refractivity contribution >= 4 is 18.0 Å². The SMILES string of the molecule is CCCC(Cl)C([O-])(CCC)OC=[NH2+]. The molecule has 0 aliphatic heterocycles. The highest BCUT2D eigenvalue weighted by atomic mass is 35.5. The van der Waals surface area contributed by atoms with Crippen molar-refractivity contribution in [3.63, 3.8) is 0 Å². The summed E-state index contributed by atoms with van der Waals surface area (Å²) in [6.45, 7) is 3.90. The molecule has 0 aromatic carbocycles. The molecule has 78 valence electrons. The number of hydrogen-bond acceptors (Lipinski definition) is 2. The molecule has 0 aliphatic rings. The molecule has 4 heteroatoms. The summed E-state index contributed by atoms with van der Waals surface area (Å²) >= 11 is 5.93. The molecule has 0 aliphatic carbocycles. The van der Waals surface area contributed by atoms with E-state index in [0.29, 0.717) is 12.8 Å². The summed E-state index contributed by atoms with van der Waals surface area (Å²) in [6.07, 6.45) is 3.58. The summed E-state index contributed by atoms with van der Waals surface area (Å²) in [4.78, 5) is 0. The number of ether oxygens (including phenoxy) is 1. The molecule has 0 spiro atoms. The van der Waals surface area contributed by atoms with Crippen LogP contribution in [0.4, 0.5) is 0 Å². The Kier molecular flexibility index (Phi) is 6.08. The first-order chi connectivity index (χ1) is 6.10. The van der Waals surface area contributed by atoms with Crippen LogP contribution in [0.5, 0.6) is 0 Å². The summed E-state index contributed by atoms with van der Waals surface area (Å²) in [5.74, 6) is -1.55. The van der Waals surface area contributed by atoms with Gasteiger partial charge in [0.25, 0.3) is 0 Å². The molecule has 0 fully saturated rings. The van der Waals surface area contributed by atoms with Crippen molar-refractivity contribution in [3.05, 3.63) is 0 Å². The molecule has 2 unspecified atom stereocenters. The number of rotatable bonds is 7. The third-order valence-electron chi connectivity index (χ3n) is 1.89. The fraction of sp³-hybridized carbons (Fsp3) is 0.889. The molecule has 0 bridgehead atoms. The van der Waals surface area contributed by atoms with Gasteiger partial charge in [-0.3, -0.25) is 0 Å². The third kappa shape index (κ3) is 3.96. The zero-order valence-electron chi connectivity index (χ0n) is 8.25. The molecule has 3 nitrogen and oxygen atoms in total. The lowest BCUT2D eigenvalue weighted by molar-refractivity contribution is -0.544. The smallest absolute Gasteiger partial charge is 0.319 e. The molecular formula is C9H18ClNO2. The van der Waals surface area contributed by atoms with Crippen molar-refractivity contribution in [3.8, 4) is 0 Å². The van der Waals surface area contributed by atoms with Crippen LogP contribution in [-0.4, -0.2) is 17.6 Å². The van der Waals surface area contributed by atoms with Gasteiger partial charge in [-0.2, -0.15) is 0 Å². The van der Waals surface area contributed by atoms with Gasteiger partial charge in [0, 0.05) is 0 Å². The molecule has 2 N–H and O–H groups in total. The Hall–Kier alpha value is -0.280. The van der Waals surface area contributed by atoms with Gasteiger partial charge in [0.1, 0.15) is 0 Å². The Morgan fingerprint density at radius 1 is 1.54 bits per heavy atom. The van der Waals surface area contributed by atoms with Gasteiger partial charge in [-0.1, -0.05) is 26.7 Å². The molecule has 0 aromatic heterocycles. The van der Waals surface area contributed by atoms with Crippen molar-refractivity contribution in [1.29, 1.82) is 0 Å². The van der Waals surface area contributed by atoms with Gasteiger partial charge in [0.15, 0.2) is 0 Å². The highest BCUT2D eigenvalue weighted by Crippen LogP contribution is 2.23. The first-order valence-electron chi connectivity index (χ1n) is 4.66. The predicted molar refractivity (Wildman–Crippen MR) is 51.3 cm³/mol. The average Bonchev–Trinajstić information content (AvgIpc) is 2.05. The van der Waals surface area contributed by atoms with Gasteiger partial charge in [-0.05, 0) is 12.8 Å². The second kappa shape index (κ2) is 6.22. The Bertz CT molecular complexity index is 155. The second-order valence-corrected chi connectivity index (χ2v) is 3.60. The minimum Gasteiger partial charge on any atom is -0.818 e. The number of halogens is 1. The quantitative estimate of drug-likeness (QED) is 0.278. The molecular weight excluding hydrogens is 190 g/mol. The van der Waals surface area contributed by atoms with Crippen LogP contribution in [0.15, 0.2) is 0 Å². The fourth-order valence-corrected chi connectivity index (χ4v) is 1.61. The van der Waals surface area contributed by atoms with Gasteiger partial charge >= 0.3 is 6.40 Å². The van der Waals surface area contributed by atoms with Crippen LogP contribution >= 0.6 is 11.6 Å². The van der Waals surface area contributed by atoms with Crippen LogP contribution in [0.3, 0.4) is 0 Å². The predicted octanol–water partition coefficient (Wildman–Crippen LogP) is 0.0546. The van der Waals surface area contributed by atoms with Crippen molar-refractivity contribution < 1.29 is 15.3 Å². The Labute approximate surface area is 84.6 Å². The van der Waals surface area contributed by atoms with Crippen LogP contribution in [0, 0.1) is 0 Å². The van der Waals surface area contributed by atoms with Gasteiger partial charge in [-0.15, -0.1) is 11.6 Å². The minimum absolute atomic E-state index is 0.384. The van der Waals surface area contributed by atoms with E-state index >= 15 is 0 Å². The van der Waals surface area contributed by atoms with E-state index in [0.717, 1.165) is 19.2 Å². The lowest BCUT2D eigenvalue weighted by atomic mass is 10.0. The van der Waals surface area contributed by atoms with Gasteiger partial charge < -0.3 is 9.84 Å². The summed E-state index contributed by atoms with van der Waals surface area (Å²) in [7, 11) is 0. The minimum atomic E-state index is -1.55. The summed E-state index contributed by atoms with van der Waals surface area (Å²) in [6, 6.07) is 0. The Morgan fingerprint density at radius 3 is 2.54 bits per heavy atom. The largest absolute Gasteiger partial charge is 0.818 e. The molecule has 2 atom stereocenters. The number of nitrogens with two attached hydrogens (primary N) is 1. The second-order valence-electron chi connectivity index (χ2n) is 3.07. The van der Waals surface area contributed by atoms with E-state index in [1.54, 1.807) is 0 Å². The molecule has 0 aromatic rings. The molecule has 13 heavy (non-hydrogen) atoms. The Balaban J connectivity index is 4.26. The monoisotopic (exact) mass is 207 g/mol. The van der Waals surface area contributed by atoms with Crippen molar-refractivity contribution in [2.45, 2.75) is 50.7 Å². The lowest BCUT2D eigenvalue weighted by Crippen LogP contribution is -2.55. The summed E-state index contributed by atoms with van der Waals surface area (Å²) < 4.78 is 4.85. The van der Waals surface area contributed by atoms with E-state index in [4.69, 9.17) is 21.7 Å². The zero-order valence-corrected chi connectivity index (χ0v) is 9.01. The zero-order chi connectivity index (χ0) is 10.3. The molecule has 0 rings (SSSR count). The van der Waals surface area contributed by atoms with Crippen LogP contribution < -0.4 is 10.5 Å². The molecule has 0 heterocycles. The third-order valence-corrected chi connectivity index (χ3v) is 2.44. The molecule has 0 radical (unpaired) electrons. The van der Waals surface area contributed by atoms with Gasteiger partial charge in [0.05, 0.1) is 11.2 Å².